The SMILES string of the molecule is CCCNC(=O)C(C)N(Cc1ccc(OC)cc1)C(=O)COc1ccc(CC)cc1Br. The summed E-state index contributed by atoms with van der Waals surface area (Å²) < 4.78 is 11.8. The van der Waals surface area contributed by atoms with Crippen molar-refractivity contribution >= 4 is 27.7 Å². The Hall–Kier alpha value is -2.54. The van der Waals surface area contributed by atoms with Gasteiger partial charge >= 0.3 is 0 Å². The fraction of sp³-hybridized carbons (Fsp3) is 0.417. The molecule has 7 heteroatoms. The van der Waals surface area contributed by atoms with E-state index in [2.05, 4.69) is 28.2 Å². The number of carbonyl (C=O) groups is 2. The topological polar surface area (TPSA) is 67.9 Å². The lowest BCUT2D eigenvalue weighted by atomic mass is 10.1. The number of halogens is 1. The number of carbonyl (C=O) groups excluding carboxylic acids is 2. The molecule has 0 fully saturated rings. The quantitative estimate of drug-likeness (QED) is 0.508. The number of rotatable bonds is 11. The van der Waals surface area contributed by atoms with Crippen LogP contribution in [-0.4, -0.2) is 43.0 Å². The number of ether oxygens (including phenoxy) is 2. The summed E-state index contributed by atoms with van der Waals surface area (Å²) in [5, 5.41) is 2.87. The van der Waals surface area contributed by atoms with Crippen LogP contribution in [0.25, 0.3) is 0 Å². The van der Waals surface area contributed by atoms with E-state index in [0.717, 1.165) is 28.6 Å². The van der Waals surface area contributed by atoms with Gasteiger partial charge in [0.1, 0.15) is 17.5 Å². The largest absolute Gasteiger partial charge is 0.497 e. The zero-order chi connectivity index (χ0) is 22.8. The summed E-state index contributed by atoms with van der Waals surface area (Å²) in [6.45, 7) is 6.50. The van der Waals surface area contributed by atoms with E-state index in [0.29, 0.717) is 18.8 Å². The molecule has 0 aliphatic heterocycles. The molecule has 2 rings (SSSR count). The number of nitrogens with zero attached hydrogens (tertiary/aromatic N) is 1. The summed E-state index contributed by atoms with van der Waals surface area (Å²) in [4.78, 5) is 27.2. The van der Waals surface area contributed by atoms with Gasteiger partial charge in [0, 0.05) is 13.1 Å². The van der Waals surface area contributed by atoms with Gasteiger partial charge < -0.3 is 19.7 Å². The molecule has 168 valence electrons. The van der Waals surface area contributed by atoms with Crippen LogP contribution in [0.1, 0.15) is 38.3 Å². The van der Waals surface area contributed by atoms with Crippen molar-refractivity contribution < 1.29 is 19.1 Å². The fourth-order valence-electron chi connectivity index (χ4n) is 3.01. The molecule has 2 aromatic rings. The van der Waals surface area contributed by atoms with E-state index in [9.17, 15) is 9.59 Å². The van der Waals surface area contributed by atoms with Gasteiger partial charge in [-0.1, -0.05) is 32.0 Å². The van der Waals surface area contributed by atoms with Gasteiger partial charge in [-0.2, -0.15) is 0 Å². The highest BCUT2D eigenvalue weighted by atomic mass is 79.9. The van der Waals surface area contributed by atoms with E-state index in [1.165, 1.54) is 5.56 Å². The second-order valence-corrected chi connectivity index (χ2v) is 8.10. The van der Waals surface area contributed by atoms with E-state index in [1.54, 1.807) is 18.9 Å². The monoisotopic (exact) mass is 490 g/mol. The van der Waals surface area contributed by atoms with E-state index in [4.69, 9.17) is 9.47 Å². The molecule has 0 heterocycles. The molecule has 0 aliphatic carbocycles. The molecule has 1 unspecified atom stereocenters. The lowest BCUT2D eigenvalue weighted by molar-refractivity contribution is -0.142. The van der Waals surface area contributed by atoms with E-state index in [1.807, 2.05) is 49.4 Å². The lowest BCUT2D eigenvalue weighted by Crippen LogP contribution is -2.49. The van der Waals surface area contributed by atoms with Gasteiger partial charge in [0.15, 0.2) is 6.61 Å². The molecule has 0 aliphatic rings. The highest BCUT2D eigenvalue weighted by Crippen LogP contribution is 2.26. The molecule has 31 heavy (non-hydrogen) atoms. The van der Waals surface area contributed by atoms with Crippen LogP contribution in [0.5, 0.6) is 11.5 Å². The molecule has 6 nitrogen and oxygen atoms in total. The van der Waals surface area contributed by atoms with Crippen LogP contribution < -0.4 is 14.8 Å². The summed E-state index contributed by atoms with van der Waals surface area (Å²) in [6, 6.07) is 12.6. The highest BCUT2D eigenvalue weighted by molar-refractivity contribution is 9.10. The Morgan fingerprint density at radius 1 is 1.10 bits per heavy atom. The first-order valence-electron chi connectivity index (χ1n) is 10.5. The Labute approximate surface area is 193 Å². The molecule has 0 radical (unpaired) electrons. The molecule has 1 atom stereocenters. The van der Waals surface area contributed by atoms with Crippen molar-refractivity contribution in [3.8, 4) is 11.5 Å². The third kappa shape index (κ3) is 7.28. The van der Waals surface area contributed by atoms with Crippen LogP contribution in [-0.2, 0) is 22.6 Å². The standard InChI is InChI=1S/C24H31BrN2O4/c1-5-13-26-24(29)17(3)27(15-19-7-10-20(30-4)11-8-19)23(28)16-31-22-12-9-18(6-2)14-21(22)25/h7-12,14,17H,5-6,13,15-16H2,1-4H3,(H,26,29). The molecular weight excluding hydrogens is 460 g/mol. The molecule has 0 aromatic heterocycles. The predicted octanol–water partition coefficient (Wildman–Crippen LogP) is 4.34. The average molecular weight is 491 g/mol. The highest BCUT2D eigenvalue weighted by Gasteiger charge is 2.26. The average Bonchev–Trinajstić information content (AvgIpc) is 2.79. The summed E-state index contributed by atoms with van der Waals surface area (Å²) in [7, 11) is 1.60. The number of benzene rings is 2. The number of amides is 2. The second kappa shape index (κ2) is 12.3. The molecule has 0 saturated heterocycles. The second-order valence-electron chi connectivity index (χ2n) is 7.24. The Kier molecular flexibility index (Phi) is 9.85. The molecule has 0 spiro atoms. The Balaban J connectivity index is 2.15. The van der Waals surface area contributed by atoms with Gasteiger partial charge in [0.2, 0.25) is 5.91 Å². The zero-order valence-electron chi connectivity index (χ0n) is 18.6. The summed E-state index contributed by atoms with van der Waals surface area (Å²) in [5.41, 5.74) is 2.07. The van der Waals surface area contributed by atoms with Crippen molar-refractivity contribution in [2.45, 2.75) is 46.2 Å². The van der Waals surface area contributed by atoms with Gasteiger partial charge in [-0.05, 0) is 71.1 Å². The molecule has 0 saturated carbocycles. The minimum Gasteiger partial charge on any atom is -0.497 e. The third-order valence-electron chi connectivity index (χ3n) is 4.98. The Morgan fingerprint density at radius 2 is 1.77 bits per heavy atom. The third-order valence-corrected chi connectivity index (χ3v) is 5.60. The van der Waals surface area contributed by atoms with Gasteiger partial charge in [-0.3, -0.25) is 9.59 Å². The first-order chi connectivity index (χ1) is 14.9. The van der Waals surface area contributed by atoms with Crippen LogP contribution in [0.4, 0.5) is 0 Å². The number of aryl methyl sites for hydroxylation is 1. The molecule has 0 bridgehead atoms. The fourth-order valence-corrected chi connectivity index (χ4v) is 3.55. The van der Waals surface area contributed by atoms with Crippen LogP contribution in [0, 0.1) is 0 Å². The number of hydrogen-bond donors (Lipinski definition) is 1. The molecule has 1 N–H and O–H groups in total. The number of hydrogen-bond acceptors (Lipinski definition) is 4. The number of methoxy groups -OCH3 is 1. The Morgan fingerprint density at radius 3 is 2.35 bits per heavy atom. The van der Waals surface area contributed by atoms with Crippen LogP contribution in [0.15, 0.2) is 46.9 Å². The normalized spacial score (nSPS) is 11.5. The smallest absolute Gasteiger partial charge is 0.261 e. The summed E-state index contributed by atoms with van der Waals surface area (Å²) in [5.74, 6) is 0.885. The van der Waals surface area contributed by atoms with Crippen molar-refractivity contribution in [3.05, 3.63) is 58.1 Å². The van der Waals surface area contributed by atoms with Crippen molar-refractivity contribution in [2.24, 2.45) is 0 Å². The number of nitrogens with one attached hydrogen (secondary N) is 1. The Bertz CT molecular complexity index is 870. The van der Waals surface area contributed by atoms with Crippen molar-refractivity contribution in [2.75, 3.05) is 20.3 Å². The molecule has 2 aromatic carbocycles. The molecular formula is C24H31BrN2O4. The van der Waals surface area contributed by atoms with E-state index in [-0.39, 0.29) is 18.4 Å². The lowest BCUT2D eigenvalue weighted by Gasteiger charge is -2.29. The minimum atomic E-state index is -0.629. The van der Waals surface area contributed by atoms with E-state index >= 15 is 0 Å². The maximum Gasteiger partial charge on any atom is 0.261 e. The van der Waals surface area contributed by atoms with Crippen LogP contribution in [0.3, 0.4) is 0 Å². The van der Waals surface area contributed by atoms with Gasteiger partial charge in [0.05, 0.1) is 11.6 Å². The molecule has 2 amide bonds. The maximum atomic E-state index is 13.1. The van der Waals surface area contributed by atoms with Crippen LogP contribution >= 0.6 is 15.9 Å². The van der Waals surface area contributed by atoms with Crippen molar-refractivity contribution in [3.63, 3.8) is 0 Å². The predicted molar refractivity (Wildman–Crippen MR) is 125 cm³/mol. The van der Waals surface area contributed by atoms with Gasteiger partial charge in [-0.25, -0.2) is 0 Å². The van der Waals surface area contributed by atoms with Gasteiger partial charge in [0.25, 0.3) is 5.91 Å². The van der Waals surface area contributed by atoms with Crippen molar-refractivity contribution in [1.82, 2.24) is 10.2 Å². The minimum absolute atomic E-state index is 0.161. The van der Waals surface area contributed by atoms with Gasteiger partial charge in [-0.15, -0.1) is 0 Å². The first-order valence-corrected chi connectivity index (χ1v) is 11.3. The zero-order valence-corrected chi connectivity index (χ0v) is 20.2. The maximum absolute atomic E-state index is 13.1. The summed E-state index contributed by atoms with van der Waals surface area (Å²) >= 11 is 3.50. The first kappa shape index (κ1) is 24.7. The van der Waals surface area contributed by atoms with Crippen LogP contribution in [0.2, 0.25) is 0 Å². The summed E-state index contributed by atoms with van der Waals surface area (Å²) in [6.07, 6.45) is 1.74. The van der Waals surface area contributed by atoms with Crippen molar-refractivity contribution in [1.29, 1.82) is 0 Å². The van der Waals surface area contributed by atoms with E-state index < -0.39 is 6.04 Å².